The normalized spacial score (nSPS) is 17.3. The summed E-state index contributed by atoms with van der Waals surface area (Å²) in [6, 6.07) is 9.21. The topological polar surface area (TPSA) is 82.5 Å². The zero-order valence-corrected chi connectivity index (χ0v) is 14.9. The number of aromatic nitrogens is 1. The number of aryl methyl sites for hydroxylation is 1. The Labute approximate surface area is 150 Å². The maximum atomic E-state index is 12.6. The fraction of sp³-hybridized carbons (Fsp3) is 0.389. The number of rotatable bonds is 4. The highest BCUT2D eigenvalue weighted by molar-refractivity contribution is 7.16. The molecule has 1 aromatic carbocycles. The molecule has 1 aliphatic heterocycles. The third-order valence-corrected chi connectivity index (χ3v) is 5.46. The number of benzene rings is 1. The lowest BCUT2D eigenvalue weighted by atomic mass is 10.0. The average Bonchev–Trinajstić information content (AvgIpc) is 3.05. The van der Waals surface area contributed by atoms with E-state index in [1.807, 2.05) is 30.3 Å². The zero-order valence-electron chi connectivity index (χ0n) is 14.1. The Morgan fingerprint density at radius 1 is 1.32 bits per heavy atom. The van der Waals surface area contributed by atoms with Crippen LogP contribution >= 0.6 is 11.3 Å². The predicted molar refractivity (Wildman–Crippen MR) is 97.9 cm³/mol. The number of hydrogen-bond donors (Lipinski definition) is 2. The molecule has 1 fully saturated rings. The summed E-state index contributed by atoms with van der Waals surface area (Å²) in [5.41, 5.74) is 1.89. The number of nitrogens with zero attached hydrogens (tertiary/aromatic N) is 2. The lowest BCUT2D eigenvalue weighted by molar-refractivity contribution is -0.121. The van der Waals surface area contributed by atoms with Gasteiger partial charge in [-0.1, -0.05) is 37.3 Å². The molecule has 3 rings (SSSR count). The molecule has 6 nitrogen and oxygen atoms in total. The minimum Gasteiger partial charge on any atom is -0.465 e. The highest BCUT2D eigenvalue weighted by Gasteiger charge is 2.32. The minimum absolute atomic E-state index is 0.293. The molecular formula is C18H21N3O3S. The molecule has 0 unspecified atom stereocenters. The number of nitrogens with one attached hydrogen (secondary N) is 1. The van der Waals surface area contributed by atoms with Gasteiger partial charge >= 0.3 is 6.09 Å². The van der Waals surface area contributed by atoms with Gasteiger partial charge in [0.05, 0.1) is 5.69 Å². The van der Waals surface area contributed by atoms with E-state index in [1.165, 1.54) is 16.2 Å². The summed E-state index contributed by atoms with van der Waals surface area (Å²) in [5.74, 6) is -0.293. The van der Waals surface area contributed by atoms with E-state index in [1.54, 1.807) is 0 Å². The molecule has 0 bridgehead atoms. The molecule has 132 valence electrons. The Balaban J connectivity index is 1.80. The Kier molecular flexibility index (Phi) is 5.33. The van der Waals surface area contributed by atoms with Gasteiger partial charge in [-0.05, 0) is 25.7 Å². The average molecular weight is 359 g/mol. The standard InChI is InChI=1S/C18H21N3O3S/c1-2-14-15(12-8-4-3-5-9-12)19-17(25-14)20-16(22)13-10-6-7-11-21(13)18(23)24/h3-5,8-9,13H,2,6-7,10-11H2,1H3,(H,23,24)(H,19,20,22)/t13-/m0/s1. The summed E-state index contributed by atoms with van der Waals surface area (Å²) >= 11 is 1.45. The molecule has 7 heteroatoms. The highest BCUT2D eigenvalue weighted by atomic mass is 32.1. The summed E-state index contributed by atoms with van der Waals surface area (Å²) in [6.07, 6.45) is 1.98. The maximum absolute atomic E-state index is 12.6. The van der Waals surface area contributed by atoms with Crippen LogP contribution in [0.4, 0.5) is 9.93 Å². The number of piperidine rings is 1. The fourth-order valence-corrected chi connectivity index (χ4v) is 4.01. The lowest BCUT2D eigenvalue weighted by Crippen LogP contribution is -2.49. The molecule has 2 N–H and O–H groups in total. The number of hydrogen-bond acceptors (Lipinski definition) is 4. The van der Waals surface area contributed by atoms with Crippen LogP contribution in [0, 0.1) is 0 Å². The van der Waals surface area contributed by atoms with Crippen molar-refractivity contribution in [3.8, 4) is 11.3 Å². The summed E-state index contributed by atoms with van der Waals surface area (Å²) in [6.45, 7) is 2.46. The highest BCUT2D eigenvalue weighted by Crippen LogP contribution is 2.32. The SMILES string of the molecule is CCc1sc(NC(=O)[C@@H]2CCCCN2C(=O)O)nc1-c1ccccc1. The van der Waals surface area contributed by atoms with Gasteiger partial charge in [0.25, 0.3) is 0 Å². The van der Waals surface area contributed by atoms with Crippen LogP contribution in [0.25, 0.3) is 11.3 Å². The Morgan fingerprint density at radius 3 is 2.76 bits per heavy atom. The number of thiazole rings is 1. The summed E-state index contributed by atoms with van der Waals surface area (Å²) < 4.78 is 0. The van der Waals surface area contributed by atoms with Crippen molar-refractivity contribution in [1.29, 1.82) is 0 Å². The number of carbonyl (C=O) groups is 2. The van der Waals surface area contributed by atoms with E-state index < -0.39 is 12.1 Å². The van der Waals surface area contributed by atoms with Gasteiger partial charge in [0, 0.05) is 17.0 Å². The largest absolute Gasteiger partial charge is 0.465 e. The number of carbonyl (C=O) groups excluding carboxylic acids is 1. The summed E-state index contributed by atoms with van der Waals surface area (Å²) in [4.78, 5) is 30.8. The molecule has 25 heavy (non-hydrogen) atoms. The maximum Gasteiger partial charge on any atom is 0.407 e. The van der Waals surface area contributed by atoms with E-state index in [-0.39, 0.29) is 5.91 Å². The molecule has 1 saturated heterocycles. The fourth-order valence-electron chi connectivity index (χ4n) is 3.09. The third kappa shape index (κ3) is 3.82. The van der Waals surface area contributed by atoms with Gasteiger partial charge in [0.2, 0.25) is 5.91 Å². The molecule has 1 aliphatic rings. The quantitative estimate of drug-likeness (QED) is 0.869. The van der Waals surface area contributed by atoms with Crippen LogP contribution in [0.2, 0.25) is 0 Å². The van der Waals surface area contributed by atoms with Crippen LogP contribution in [0.5, 0.6) is 0 Å². The molecule has 0 saturated carbocycles. The molecule has 1 atom stereocenters. The third-order valence-electron chi connectivity index (χ3n) is 4.35. The van der Waals surface area contributed by atoms with Crippen molar-refractivity contribution >= 4 is 28.5 Å². The van der Waals surface area contributed by atoms with E-state index in [0.717, 1.165) is 35.4 Å². The first-order valence-electron chi connectivity index (χ1n) is 8.45. The molecule has 2 aromatic rings. The van der Waals surface area contributed by atoms with Gasteiger partial charge in [0.15, 0.2) is 5.13 Å². The van der Waals surface area contributed by atoms with Gasteiger partial charge in [0.1, 0.15) is 6.04 Å². The van der Waals surface area contributed by atoms with Crippen LogP contribution in [0.15, 0.2) is 30.3 Å². The van der Waals surface area contributed by atoms with E-state index >= 15 is 0 Å². The van der Waals surface area contributed by atoms with Crippen molar-refractivity contribution in [3.05, 3.63) is 35.2 Å². The van der Waals surface area contributed by atoms with Gasteiger partial charge < -0.3 is 10.4 Å². The van der Waals surface area contributed by atoms with Crippen LogP contribution in [-0.2, 0) is 11.2 Å². The number of amides is 2. The van der Waals surface area contributed by atoms with Crippen LogP contribution in [0.1, 0.15) is 31.1 Å². The number of likely N-dealkylation sites (tertiary alicyclic amines) is 1. The number of carboxylic acid groups (broad SMARTS) is 1. The molecular weight excluding hydrogens is 338 g/mol. The zero-order chi connectivity index (χ0) is 17.8. The van der Waals surface area contributed by atoms with Gasteiger partial charge in [-0.25, -0.2) is 9.78 Å². The van der Waals surface area contributed by atoms with Crippen LogP contribution in [0.3, 0.4) is 0 Å². The summed E-state index contributed by atoms with van der Waals surface area (Å²) in [5, 5.41) is 12.6. The van der Waals surface area contributed by atoms with Crippen molar-refractivity contribution < 1.29 is 14.7 Å². The first-order valence-corrected chi connectivity index (χ1v) is 9.27. The molecule has 0 spiro atoms. The minimum atomic E-state index is -1.04. The van der Waals surface area contributed by atoms with Crippen molar-refractivity contribution in [2.75, 3.05) is 11.9 Å². The number of anilines is 1. The molecule has 2 amide bonds. The van der Waals surface area contributed by atoms with Gasteiger partial charge in [-0.3, -0.25) is 9.69 Å². The van der Waals surface area contributed by atoms with Crippen molar-refractivity contribution in [2.24, 2.45) is 0 Å². The van der Waals surface area contributed by atoms with Gasteiger partial charge in [-0.2, -0.15) is 0 Å². The smallest absolute Gasteiger partial charge is 0.407 e. The second-order valence-electron chi connectivity index (χ2n) is 5.99. The van der Waals surface area contributed by atoms with Crippen LogP contribution in [-0.4, -0.2) is 39.6 Å². The van der Waals surface area contributed by atoms with Crippen molar-refractivity contribution in [1.82, 2.24) is 9.88 Å². The first-order chi connectivity index (χ1) is 12.1. The van der Waals surface area contributed by atoms with E-state index in [4.69, 9.17) is 0 Å². The Morgan fingerprint density at radius 2 is 2.08 bits per heavy atom. The van der Waals surface area contributed by atoms with E-state index in [2.05, 4.69) is 17.2 Å². The Bertz CT molecular complexity index is 760. The predicted octanol–water partition coefficient (Wildman–Crippen LogP) is 3.84. The second-order valence-corrected chi connectivity index (χ2v) is 7.07. The van der Waals surface area contributed by atoms with Crippen molar-refractivity contribution in [3.63, 3.8) is 0 Å². The monoisotopic (exact) mass is 359 g/mol. The van der Waals surface area contributed by atoms with E-state index in [9.17, 15) is 14.7 Å². The second kappa shape index (κ2) is 7.65. The lowest BCUT2D eigenvalue weighted by Gasteiger charge is -2.32. The molecule has 1 aromatic heterocycles. The molecule has 0 radical (unpaired) electrons. The Hall–Kier alpha value is -2.41. The molecule has 0 aliphatic carbocycles. The van der Waals surface area contributed by atoms with Gasteiger partial charge in [-0.15, -0.1) is 11.3 Å². The van der Waals surface area contributed by atoms with Crippen molar-refractivity contribution in [2.45, 2.75) is 38.6 Å². The molecule has 2 heterocycles. The summed E-state index contributed by atoms with van der Waals surface area (Å²) in [7, 11) is 0. The van der Waals surface area contributed by atoms with E-state index in [0.29, 0.717) is 18.1 Å². The first kappa shape index (κ1) is 17.4. The van der Waals surface area contributed by atoms with Crippen LogP contribution < -0.4 is 5.32 Å².